The second-order valence-corrected chi connectivity index (χ2v) is 6.34. The number of benzene rings is 2. The van der Waals surface area contributed by atoms with E-state index >= 15 is 0 Å². The number of carboxylic acids is 1. The predicted molar refractivity (Wildman–Crippen MR) is 90.8 cm³/mol. The Morgan fingerprint density at radius 3 is 2.62 bits per heavy atom. The molecule has 0 unspecified atom stereocenters. The highest BCUT2D eigenvalue weighted by Crippen LogP contribution is 2.36. The first-order valence-corrected chi connectivity index (χ1v) is 8.34. The molecule has 1 aliphatic heterocycles. The molecule has 3 aromatic rings. The molecule has 0 fully saturated rings. The molecule has 0 radical (unpaired) electrons. The molecule has 0 atom stereocenters. The van der Waals surface area contributed by atoms with Crippen molar-refractivity contribution in [2.45, 2.75) is 10.6 Å². The van der Waals surface area contributed by atoms with Gasteiger partial charge in [-0.05, 0) is 24.3 Å². The van der Waals surface area contributed by atoms with Crippen LogP contribution in [0.25, 0.3) is 10.9 Å². The molecule has 0 aliphatic carbocycles. The minimum Gasteiger partial charge on any atom is -0.478 e. The Hall–Kier alpha value is -2.73. The lowest BCUT2D eigenvalue weighted by Gasteiger charge is -2.08. The van der Waals surface area contributed by atoms with E-state index in [1.807, 2.05) is 30.3 Å². The van der Waals surface area contributed by atoms with Gasteiger partial charge >= 0.3 is 5.97 Å². The van der Waals surface area contributed by atoms with E-state index < -0.39 is 5.97 Å². The normalized spacial score (nSPS) is 12.5. The second-order valence-electron chi connectivity index (χ2n) is 5.29. The van der Waals surface area contributed by atoms with Gasteiger partial charge in [0.1, 0.15) is 0 Å². The SMILES string of the molecule is O=C(O)c1cc2cc3c(cc2nc1CSc1ccccc1)OCO3. The standard InChI is InChI=1S/C18H13NO4S/c20-18(21)13-6-11-7-16-17(23-10-22-16)8-14(11)19-15(13)9-24-12-4-2-1-3-5-12/h1-8H,9-10H2,(H,20,21). The Morgan fingerprint density at radius 1 is 1.12 bits per heavy atom. The van der Waals surface area contributed by atoms with Gasteiger partial charge in [0.2, 0.25) is 6.79 Å². The van der Waals surface area contributed by atoms with Crippen LogP contribution in [0.1, 0.15) is 16.1 Å². The van der Waals surface area contributed by atoms with E-state index in [9.17, 15) is 9.90 Å². The fraction of sp³-hybridized carbons (Fsp3) is 0.111. The van der Waals surface area contributed by atoms with Gasteiger partial charge < -0.3 is 14.6 Å². The summed E-state index contributed by atoms with van der Waals surface area (Å²) in [6, 6.07) is 15.0. The van der Waals surface area contributed by atoms with Gasteiger partial charge in [-0.1, -0.05) is 18.2 Å². The van der Waals surface area contributed by atoms with Crippen LogP contribution in [-0.4, -0.2) is 22.9 Å². The third-order valence-corrected chi connectivity index (χ3v) is 4.76. The van der Waals surface area contributed by atoms with Crippen LogP contribution in [0.3, 0.4) is 0 Å². The summed E-state index contributed by atoms with van der Waals surface area (Å²) < 4.78 is 10.7. The van der Waals surface area contributed by atoms with Crippen LogP contribution in [0, 0.1) is 0 Å². The molecule has 120 valence electrons. The molecule has 0 bridgehead atoms. The van der Waals surface area contributed by atoms with E-state index in [1.165, 1.54) is 0 Å². The number of aromatic carboxylic acids is 1. The summed E-state index contributed by atoms with van der Waals surface area (Å²) in [6.07, 6.45) is 0. The van der Waals surface area contributed by atoms with E-state index in [2.05, 4.69) is 4.98 Å². The summed E-state index contributed by atoms with van der Waals surface area (Å²) >= 11 is 1.56. The van der Waals surface area contributed by atoms with Crippen molar-refractivity contribution in [2.75, 3.05) is 6.79 Å². The Bertz CT molecular complexity index is 927. The predicted octanol–water partition coefficient (Wildman–Crippen LogP) is 3.95. The maximum Gasteiger partial charge on any atom is 0.337 e. The van der Waals surface area contributed by atoms with Crippen LogP contribution in [-0.2, 0) is 5.75 Å². The summed E-state index contributed by atoms with van der Waals surface area (Å²) in [7, 11) is 0. The molecule has 1 aliphatic rings. The molecule has 0 spiro atoms. The molecule has 1 aromatic heterocycles. The van der Waals surface area contributed by atoms with E-state index in [-0.39, 0.29) is 12.4 Å². The van der Waals surface area contributed by atoms with E-state index in [4.69, 9.17) is 9.47 Å². The summed E-state index contributed by atoms with van der Waals surface area (Å²) in [5, 5.41) is 10.2. The van der Waals surface area contributed by atoms with E-state index in [0.29, 0.717) is 28.5 Å². The summed E-state index contributed by atoms with van der Waals surface area (Å²) in [5.41, 5.74) is 1.46. The molecular formula is C18H13NO4S. The Balaban J connectivity index is 1.73. The average Bonchev–Trinajstić information content (AvgIpc) is 3.05. The van der Waals surface area contributed by atoms with Crippen molar-refractivity contribution in [2.24, 2.45) is 0 Å². The molecule has 6 heteroatoms. The first kappa shape index (κ1) is 14.8. The molecular weight excluding hydrogens is 326 g/mol. The van der Waals surface area contributed by atoms with Gasteiger partial charge in [-0.15, -0.1) is 11.8 Å². The molecule has 0 saturated heterocycles. The quantitative estimate of drug-likeness (QED) is 0.726. The Morgan fingerprint density at radius 2 is 1.88 bits per heavy atom. The number of thioether (sulfide) groups is 1. The number of hydrogen-bond acceptors (Lipinski definition) is 5. The van der Waals surface area contributed by atoms with Gasteiger partial charge in [0.15, 0.2) is 11.5 Å². The third kappa shape index (κ3) is 2.76. The maximum absolute atomic E-state index is 11.6. The molecule has 24 heavy (non-hydrogen) atoms. The first-order chi connectivity index (χ1) is 11.7. The third-order valence-electron chi connectivity index (χ3n) is 3.74. The van der Waals surface area contributed by atoms with E-state index in [1.54, 1.807) is 30.0 Å². The van der Waals surface area contributed by atoms with Crippen molar-refractivity contribution in [3.8, 4) is 11.5 Å². The summed E-state index contributed by atoms with van der Waals surface area (Å²) in [5.74, 6) is 0.758. The van der Waals surface area contributed by atoms with Crippen molar-refractivity contribution in [3.63, 3.8) is 0 Å². The van der Waals surface area contributed by atoms with Gasteiger partial charge in [0.25, 0.3) is 0 Å². The monoisotopic (exact) mass is 339 g/mol. The Kier molecular flexibility index (Phi) is 3.74. The number of rotatable bonds is 4. The molecule has 2 aromatic carbocycles. The minimum atomic E-state index is -0.981. The lowest BCUT2D eigenvalue weighted by molar-refractivity contribution is 0.0695. The molecule has 1 N–H and O–H groups in total. The van der Waals surface area contributed by atoms with Gasteiger partial charge in [-0.2, -0.15) is 0 Å². The van der Waals surface area contributed by atoms with E-state index in [0.717, 1.165) is 10.3 Å². The fourth-order valence-corrected chi connectivity index (χ4v) is 3.44. The average molecular weight is 339 g/mol. The fourth-order valence-electron chi connectivity index (χ4n) is 2.57. The maximum atomic E-state index is 11.6. The highest BCUT2D eigenvalue weighted by Gasteiger charge is 2.18. The van der Waals surface area contributed by atoms with Gasteiger partial charge in [0, 0.05) is 22.1 Å². The van der Waals surface area contributed by atoms with Crippen molar-refractivity contribution >= 4 is 28.6 Å². The summed E-state index contributed by atoms with van der Waals surface area (Å²) in [4.78, 5) is 17.2. The topological polar surface area (TPSA) is 68.7 Å². The van der Waals surface area contributed by atoms with Crippen molar-refractivity contribution in [3.05, 3.63) is 59.8 Å². The highest BCUT2D eigenvalue weighted by atomic mass is 32.2. The van der Waals surface area contributed by atoms with Gasteiger partial charge in [0.05, 0.1) is 16.8 Å². The zero-order valence-electron chi connectivity index (χ0n) is 12.6. The molecule has 4 rings (SSSR count). The molecule has 0 amide bonds. The number of hydrogen-bond donors (Lipinski definition) is 1. The molecule has 2 heterocycles. The molecule has 0 saturated carbocycles. The van der Waals surface area contributed by atoms with Gasteiger partial charge in [-0.25, -0.2) is 4.79 Å². The zero-order valence-corrected chi connectivity index (χ0v) is 13.4. The number of carboxylic acid groups (broad SMARTS) is 1. The zero-order chi connectivity index (χ0) is 16.5. The number of ether oxygens (including phenoxy) is 2. The molecule has 5 nitrogen and oxygen atoms in total. The van der Waals surface area contributed by atoms with Crippen molar-refractivity contribution < 1.29 is 19.4 Å². The Labute approximate surface area is 142 Å². The smallest absolute Gasteiger partial charge is 0.337 e. The highest BCUT2D eigenvalue weighted by molar-refractivity contribution is 7.98. The number of nitrogens with zero attached hydrogens (tertiary/aromatic N) is 1. The second kappa shape index (κ2) is 6.05. The van der Waals surface area contributed by atoms with Crippen molar-refractivity contribution in [1.29, 1.82) is 0 Å². The number of pyridine rings is 1. The van der Waals surface area contributed by atoms with Crippen LogP contribution in [0.5, 0.6) is 11.5 Å². The number of carbonyl (C=O) groups is 1. The van der Waals surface area contributed by atoms with Gasteiger partial charge in [-0.3, -0.25) is 4.98 Å². The lowest BCUT2D eigenvalue weighted by atomic mass is 10.1. The van der Waals surface area contributed by atoms with Crippen molar-refractivity contribution in [1.82, 2.24) is 4.98 Å². The number of fused-ring (bicyclic) bond motifs is 2. The van der Waals surface area contributed by atoms with Crippen LogP contribution < -0.4 is 9.47 Å². The first-order valence-electron chi connectivity index (χ1n) is 7.35. The largest absolute Gasteiger partial charge is 0.478 e. The van der Waals surface area contributed by atoms with Crippen LogP contribution in [0.2, 0.25) is 0 Å². The summed E-state index contributed by atoms with van der Waals surface area (Å²) in [6.45, 7) is 0.175. The van der Waals surface area contributed by atoms with Crippen LogP contribution in [0.15, 0.2) is 53.4 Å². The lowest BCUT2D eigenvalue weighted by Crippen LogP contribution is -2.04. The number of aromatic nitrogens is 1. The minimum absolute atomic E-state index is 0.175. The van der Waals surface area contributed by atoms with Crippen LogP contribution >= 0.6 is 11.8 Å². The van der Waals surface area contributed by atoms with Crippen LogP contribution in [0.4, 0.5) is 0 Å².